The van der Waals surface area contributed by atoms with Crippen LogP contribution in [0, 0.1) is 5.82 Å². The smallest absolute Gasteiger partial charge is 0.363 e. The quantitative estimate of drug-likeness (QED) is 0.256. The Hall–Kier alpha value is -3.16. The lowest BCUT2D eigenvalue weighted by Gasteiger charge is -2.15. The number of carbonyl (C=O) groups excluding carboxylic acids is 1. The molecule has 3 aromatic rings. The van der Waals surface area contributed by atoms with Crippen LogP contribution in [0.15, 0.2) is 75.8 Å². The highest BCUT2D eigenvalue weighted by atomic mass is 79.9. The maximum atomic E-state index is 13.5. The van der Waals surface area contributed by atoms with E-state index in [4.69, 9.17) is 25.8 Å². The van der Waals surface area contributed by atoms with E-state index in [1.54, 1.807) is 18.2 Å². The van der Waals surface area contributed by atoms with Crippen molar-refractivity contribution in [3.63, 3.8) is 0 Å². The molecule has 3 aromatic carbocycles. The Balaban J connectivity index is 1.62. The number of cyclic esters (lactones) is 1. The molecule has 8 heteroatoms. The number of ether oxygens (including phenoxy) is 3. The fourth-order valence-corrected chi connectivity index (χ4v) is 3.82. The molecule has 0 saturated carbocycles. The van der Waals surface area contributed by atoms with E-state index in [2.05, 4.69) is 20.9 Å². The van der Waals surface area contributed by atoms with Crippen LogP contribution >= 0.6 is 27.5 Å². The Labute approximate surface area is 203 Å². The Kier molecular flexibility index (Phi) is 7.11. The number of aliphatic imine (C=N–C) groups is 1. The van der Waals surface area contributed by atoms with Crippen LogP contribution in [-0.4, -0.2) is 18.5 Å². The van der Waals surface area contributed by atoms with E-state index in [0.717, 1.165) is 10.0 Å². The third-order valence-electron chi connectivity index (χ3n) is 4.66. The van der Waals surface area contributed by atoms with Crippen LogP contribution in [0.3, 0.4) is 0 Å². The zero-order chi connectivity index (χ0) is 23.4. The van der Waals surface area contributed by atoms with Crippen LogP contribution in [0.4, 0.5) is 4.39 Å². The van der Waals surface area contributed by atoms with Crippen molar-refractivity contribution in [2.75, 3.05) is 6.61 Å². The molecule has 1 heterocycles. The van der Waals surface area contributed by atoms with Gasteiger partial charge in [-0.25, -0.2) is 14.2 Å². The minimum absolute atomic E-state index is 0.0373. The van der Waals surface area contributed by atoms with Gasteiger partial charge in [-0.1, -0.05) is 51.8 Å². The number of hydrogen-bond acceptors (Lipinski definition) is 5. The first-order chi connectivity index (χ1) is 15.9. The summed E-state index contributed by atoms with van der Waals surface area (Å²) < 4.78 is 31.3. The molecule has 168 valence electrons. The number of benzene rings is 3. The average molecular weight is 531 g/mol. The standard InChI is InChI=1S/C25H18BrClFNO4/c1-2-31-22-12-15(10-20(27)23(22)32-14-17-6-3-4-9-19(17)26)11-21-25(30)33-24(29-21)16-7-5-8-18(28)13-16/h3-13H,2,14H2,1H3/b21-11-. The first kappa shape index (κ1) is 23.0. The largest absolute Gasteiger partial charge is 0.490 e. The van der Waals surface area contributed by atoms with Gasteiger partial charge in [0.15, 0.2) is 17.2 Å². The first-order valence-corrected chi connectivity index (χ1v) is 11.2. The van der Waals surface area contributed by atoms with E-state index in [0.29, 0.717) is 34.3 Å². The molecule has 0 unspecified atom stereocenters. The molecule has 0 N–H and O–H groups in total. The Morgan fingerprint density at radius 1 is 1.12 bits per heavy atom. The van der Waals surface area contributed by atoms with Gasteiger partial charge >= 0.3 is 5.97 Å². The minimum atomic E-state index is -0.641. The summed E-state index contributed by atoms with van der Waals surface area (Å²) >= 11 is 10.0. The van der Waals surface area contributed by atoms with Crippen molar-refractivity contribution in [1.29, 1.82) is 0 Å². The van der Waals surface area contributed by atoms with Crippen molar-refractivity contribution >= 4 is 45.5 Å². The van der Waals surface area contributed by atoms with Gasteiger partial charge in [0.25, 0.3) is 0 Å². The molecule has 0 aliphatic carbocycles. The molecule has 4 rings (SSSR count). The van der Waals surface area contributed by atoms with Gasteiger partial charge in [0.2, 0.25) is 5.90 Å². The minimum Gasteiger partial charge on any atom is -0.490 e. The zero-order valence-corrected chi connectivity index (χ0v) is 19.8. The number of carbonyl (C=O) groups is 1. The fourth-order valence-electron chi connectivity index (χ4n) is 3.15. The van der Waals surface area contributed by atoms with Gasteiger partial charge in [-0.2, -0.15) is 0 Å². The van der Waals surface area contributed by atoms with Crippen LogP contribution in [-0.2, 0) is 16.1 Å². The Morgan fingerprint density at radius 3 is 2.70 bits per heavy atom. The van der Waals surface area contributed by atoms with Crippen LogP contribution in [0.25, 0.3) is 6.08 Å². The summed E-state index contributed by atoms with van der Waals surface area (Å²) in [4.78, 5) is 16.5. The van der Waals surface area contributed by atoms with Crippen molar-refractivity contribution in [2.24, 2.45) is 4.99 Å². The van der Waals surface area contributed by atoms with Crippen LogP contribution in [0.5, 0.6) is 11.5 Å². The highest BCUT2D eigenvalue weighted by Gasteiger charge is 2.25. The molecule has 0 saturated heterocycles. The third-order valence-corrected chi connectivity index (χ3v) is 5.71. The highest BCUT2D eigenvalue weighted by Crippen LogP contribution is 2.38. The molecule has 0 atom stereocenters. The van der Waals surface area contributed by atoms with Gasteiger partial charge in [-0.05, 0) is 55.0 Å². The molecule has 1 aliphatic heterocycles. The van der Waals surface area contributed by atoms with Crippen LogP contribution in [0.1, 0.15) is 23.6 Å². The Morgan fingerprint density at radius 2 is 1.94 bits per heavy atom. The number of hydrogen-bond donors (Lipinski definition) is 0. The Bertz CT molecular complexity index is 1280. The van der Waals surface area contributed by atoms with Gasteiger partial charge in [-0.15, -0.1) is 0 Å². The van der Waals surface area contributed by atoms with Crippen molar-refractivity contribution < 1.29 is 23.4 Å². The molecule has 0 fully saturated rings. The van der Waals surface area contributed by atoms with Gasteiger partial charge in [0.1, 0.15) is 12.4 Å². The first-order valence-electron chi connectivity index (χ1n) is 10.1. The van der Waals surface area contributed by atoms with E-state index in [9.17, 15) is 9.18 Å². The summed E-state index contributed by atoms with van der Waals surface area (Å²) in [5, 5.41) is 0.320. The highest BCUT2D eigenvalue weighted by molar-refractivity contribution is 9.10. The number of nitrogens with zero attached hydrogens (tertiary/aromatic N) is 1. The number of esters is 1. The zero-order valence-electron chi connectivity index (χ0n) is 17.5. The van der Waals surface area contributed by atoms with E-state index < -0.39 is 11.8 Å². The fraction of sp³-hybridized carbons (Fsp3) is 0.120. The summed E-state index contributed by atoms with van der Waals surface area (Å²) in [6.45, 7) is 2.53. The van der Waals surface area contributed by atoms with Crippen molar-refractivity contribution in [3.05, 3.63) is 98.4 Å². The van der Waals surface area contributed by atoms with Crippen molar-refractivity contribution in [2.45, 2.75) is 13.5 Å². The van der Waals surface area contributed by atoms with Gasteiger partial charge in [0, 0.05) is 15.6 Å². The topological polar surface area (TPSA) is 57.1 Å². The predicted molar refractivity (Wildman–Crippen MR) is 128 cm³/mol. The maximum Gasteiger partial charge on any atom is 0.363 e. The third kappa shape index (κ3) is 5.43. The second-order valence-electron chi connectivity index (χ2n) is 6.99. The predicted octanol–water partition coefficient (Wildman–Crippen LogP) is 6.56. The summed E-state index contributed by atoms with van der Waals surface area (Å²) in [7, 11) is 0. The van der Waals surface area contributed by atoms with Gasteiger partial charge < -0.3 is 14.2 Å². The lowest BCUT2D eigenvalue weighted by molar-refractivity contribution is -0.129. The van der Waals surface area contributed by atoms with Crippen LogP contribution in [0.2, 0.25) is 5.02 Å². The molecule has 0 aromatic heterocycles. The molecule has 0 bridgehead atoms. The molecular formula is C25H18BrClFNO4. The summed E-state index contributed by atoms with van der Waals surface area (Å²) in [6.07, 6.45) is 1.53. The van der Waals surface area contributed by atoms with Crippen molar-refractivity contribution in [3.8, 4) is 11.5 Å². The van der Waals surface area contributed by atoms with Crippen LogP contribution < -0.4 is 9.47 Å². The van der Waals surface area contributed by atoms with Gasteiger partial charge in [-0.3, -0.25) is 0 Å². The molecule has 33 heavy (non-hydrogen) atoms. The molecule has 0 radical (unpaired) electrons. The number of halogens is 3. The van der Waals surface area contributed by atoms with E-state index in [-0.39, 0.29) is 18.2 Å². The van der Waals surface area contributed by atoms with E-state index in [1.165, 1.54) is 24.3 Å². The maximum absolute atomic E-state index is 13.5. The number of rotatable bonds is 7. The molecule has 5 nitrogen and oxygen atoms in total. The lowest BCUT2D eigenvalue weighted by Crippen LogP contribution is -2.05. The molecule has 1 aliphatic rings. The summed E-state index contributed by atoms with van der Waals surface area (Å²) in [5.41, 5.74) is 1.97. The second kappa shape index (κ2) is 10.2. The summed E-state index contributed by atoms with van der Waals surface area (Å²) in [6, 6.07) is 16.7. The van der Waals surface area contributed by atoms with E-state index in [1.807, 2.05) is 31.2 Å². The van der Waals surface area contributed by atoms with Crippen molar-refractivity contribution in [1.82, 2.24) is 0 Å². The molecular weight excluding hydrogens is 513 g/mol. The normalized spacial score (nSPS) is 14.2. The average Bonchev–Trinajstić information content (AvgIpc) is 3.15. The SMILES string of the molecule is CCOc1cc(/C=C2\N=C(c3cccc(F)c3)OC2=O)cc(Cl)c1OCc1ccccc1Br. The van der Waals surface area contributed by atoms with E-state index >= 15 is 0 Å². The van der Waals surface area contributed by atoms with Gasteiger partial charge in [0.05, 0.1) is 11.6 Å². The summed E-state index contributed by atoms with van der Waals surface area (Å²) in [5.74, 6) is -0.221. The lowest BCUT2D eigenvalue weighted by atomic mass is 10.1. The molecule has 0 amide bonds. The second-order valence-corrected chi connectivity index (χ2v) is 8.25. The molecule has 0 spiro atoms. The monoisotopic (exact) mass is 529 g/mol.